The van der Waals surface area contributed by atoms with Crippen molar-refractivity contribution in [1.29, 1.82) is 0 Å². The number of aromatic hydroxyl groups is 1. The van der Waals surface area contributed by atoms with Gasteiger partial charge < -0.3 is 19.2 Å². The highest BCUT2D eigenvalue weighted by molar-refractivity contribution is 9.10. The third kappa shape index (κ3) is 3.58. The minimum absolute atomic E-state index is 0.0228. The third-order valence-corrected chi connectivity index (χ3v) is 6.41. The molecule has 3 aromatic carbocycles. The first-order valence-corrected chi connectivity index (χ1v) is 11.2. The lowest BCUT2D eigenvalue weighted by molar-refractivity contribution is 0.0714. The molecule has 1 amide bonds. The van der Waals surface area contributed by atoms with E-state index in [9.17, 15) is 14.7 Å². The molecule has 7 heteroatoms. The van der Waals surface area contributed by atoms with Crippen LogP contribution in [0, 0.1) is 6.92 Å². The van der Waals surface area contributed by atoms with Gasteiger partial charge in [0.25, 0.3) is 5.91 Å². The monoisotopic (exact) mass is 505 g/mol. The van der Waals surface area contributed by atoms with Crippen molar-refractivity contribution in [2.45, 2.75) is 19.5 Å². The summed E-state index contributed by atoms with van der Waals surface area (Å²) in [6.45, 7) is 2.29. The maximum Gasteiger partial charge on any atom is 0.291 e. The summed E-state index contributed by atoms with van der Waals surface area (Å²) >= 11 is 3.41. The lowest BCUT2D eigenvalue weighted by Gasteiger charge is -2.25. The highest BCUT2D eigenvalue weighted by atomic mass is 79.9. The topological polar surface area (TPSA) is 80.0 Å². The number of carbonyl (C=O) groups is 1. The van der Waals surface area contributed by atoms with Crippen LogP contribution in [0.2, 0.25) is 0 Å². The molecule has 1 N–H and O–H groups in total. The van der Waals surface area contributed by atoms with Crippen molar-refractivity contribution in [2.75, 3.05) is 7.11 Å². The number of methoxy groups -OCH3 is 1. The molecule has 0 radical (unpaired) electrons. The molecule has 0 fully saturated rings. The van der Waals surface area contributed by atoms with Crippen LogP contribution in [0.5, 0.6) is 11.5 Å². The highest BCUT2D eigenvalue weighted by Gasteiger charge is 2.43. The number of aryl methyl sites for hydroxylation is 1. The first-order chi connectivity index (χ1) is 15.9. The standard InChI is InChI=1S/C26H20BrNO5/c1-14-3-5-15(6-4-14)13-28-23(16-7-9-19(29)21(11-16)32-2)22-24(30)18-12-17(27)8-10-20(18)33-25(22)26(28)31/h3-12,23,29H,13H2,1-2H3/t23-/m1/s1. The number of nitrogens with zero attached hydrogens (tertiary/aromatic N) is 1. The molecule has 0 saturated carbocycles. The van der Waals surface area contributed by atoms with E-state index in [1.165, 1.54) is 13.2 Å². The molecular formula is C26H20BrNO5. The van der Waals surface area contributed by atoms with E-state index in [4.69, 9.17) is 9.15 Å². The number of fused-ring (bicyclic) bond motifs is 2. The molecule has 2 heterocycles. The molecule has 166 valence electrons. The number of rotatable bonds is 4. The molecule has 0 saturated heterocycles. The minimum Gasteiger partial charge on any atom is -0.504 e. The fraction of sp³-hybridized carbons (Fsp3) is 0.154. The van der Waals surface area contributed by atoms with E-state index in [0.29, 0.717) is 16.5 Å². The van der Waals surface area contributed by atoms with Crippen LogP contribution in [0.3, 0.4) is 0 Å². The van der Waals surface area contributed by atoms with Gasteiger partial charge in [-0.2, -0.15) is 0 Å². The summed E-state index contributed by atoms with van der Waals surface area (Å²) in [5, 5.41) is 10.5. The van der Waals surface area contributed by atoms with Crippen LogP contribution in [0.1, 0.15) is 38.9 Å². The number of benzene rings is 3. The van der Waals surface area contributed by atoms with E-state index < -0.39 is 6.04 Å². The van der Waals surface area contributed by atoms with Crippen LogP contribution < -0.4 is 10.2 Å². The Morgan fingerprint density at radius 2 is 1.82 bits per heavy atom. The first-order valence-electron chi connectivity index (χ1n) is 10.4. The number of amides is 1. The molecule has 0 aliphatic carbocycles. The summed E-state index contributed by atoms with van der Waals surface area (Å²) in [5.74, 6) is -0.0783. The summed E-state index contributed by atoms with van der Waals surface area (Å²) in [5.41, 5.74) is 3.07. The summed E-state index contributed by atoms with van der Waals surface area (Å²) in [4.78, 5) is 28.8. The smallest absolute Gasteiger partial charge is 0.291 e. The number of hydrogen-bond acceptors (Lipinski definition) is 5. The molecule has 1 aliphatic rings. The Hall–Kier alpha value is -3.58. The van der Waals surface area contributed by atoms with Crippen molar-refractivity contribution in [3.8, 4) is 11.5 Å². The quantitative estimate of drug-likeness (QED) is 0.405. The van der Waals surface area contributed by atoms with Crippen LogP contribution >= 0.6 is 15.9 Å². The minimum atomic E-state index is -0.692. The van der Waals surface area contributed by atoms with Crippen molar-refractivity contribution in [3.05, 3.63) is 103 Å². The number of phenols is 1. The summed E-state index contributed by atoms with van der Waals surface area (Å²) in [6.07, 6.45) is 0. The molecule has 33 heavy (non-hydrogen) atoms. The second-order valence-electron chi connectivity index (χ2n) is 8.07. The van der Waals surface area contributed by atoms with E-state index >= 15 is 0 Å². The van der Waals surface area contributed by atoms with Gasteiger partial charge in [0.2, 0.25) is 5.76 Å². The Bertz CT molecular complexity index is 1460. The summed E-state index contributed by atoms with van der Waals surface area (Å²) < 4.78 is 12.0. The van der Waals surface area contributed by atoms with Gasteiger partial charge in [-0.1, -0.05) is 51.8 Å². The Balaban J connectivity index is 1.73. The third-order valence-electron chi connectivity index (χ3n) is 5.92. The van der Waals surface area contributed by atoms with Gasteiger partial charge in [0.05, 0.1) is 24.1 Å². The van der Waals surface area contributed by atoms with Gasteiger partial charge >= 0.3 is 0 Å². The number of hydrogen-bond donors (Lipinski definition) is 1. The molecule has 0 spiro atoms. The Labute approximate surface area is 198 Å². The average Bonchev–Trinajstić information content (AvgIpc) is 3.08. The molecule has 4 aromatic rings. The molecule has 0 bridgehead atoms. The van der Waals surface area contributed by atoms with Gasteiger partial charge in [-0.3, -0.25) is 9.59 Å². The van der Waals surface area contributed by atoms with Crippen molar-refractivity contribution < 1.29 is 19.1 Å². The molecule has 0 unspecified atom stereocenters. The van der Waals surface area contributed by atoms with Crippen LogP contribution in [0.15, 0.2) is 74.3 Å². The zero-order chi connectivity index (χ0) is 23.3. The summed E-state index contributed by atoms with van der Waals surface area (Å²) in [7, 11) is 1.45. The SMILES string of the molecule is COc1cc([C@@H]2c3c(oc4ccc(Br)cc4c3=O)C(=O)N2Cc2ccc(C)cc2)ccc1O. The highest BCUT2D eigenvalue weighted by Crippen LogP contribution is 2.41. The number of halogens is 1. The molecule has 1 aliphatic heterocycles. The van der Waals surface area contributed by atoms with Crippen LogP contribution in [-0.4, -0.2) is 23.0 Å². The fourth-order valence-corrected chi connectivity index (χ4v) is 4.62. The Kier molecular flexibility index (Phi) is 5.21. The summed E-state index contributed by atoms with van der Waals surface area (Å²) in [6, 6.07) is 17.2. The molecule has 1 atom stereocenters. The van der Waals surface area contributed by atoms with E-state index in [-0.39, 0.29) is 40.7 Å². The van der Waals surface area contributed by atoms with E-state index in [1.807, 2.05) is 31.2 Å². The number of ether oxygens (including phenoxy) is 1. The maximum absolute atomic E-state index is 13.6. The van der Waals surface area contributed by atoms with Crippen molar-refractivity contribution >= 4 is 32.8 Å². The zero-order valence-corrected chi connectivity index (χ0v) is 19.5. The van der Waals surface area contributed by atoms with E-state index in [2.05, 4.69) is 15.9 Å². The number of phenolic OH excluding ortho intramolecular Hbond substituents is 1. The van der Waals surface area contributed by atoms with Crippen LogP contribution in [0.25, 0.3) is 11.0 Å². The van der Waals surface area contributed by atoms with Crippen LogP contribution in [-0.2, 0) is 6.54 Å². The molecule has 6 nitrogen and oxygen atoms in total. The fourth-order valence-electron chi connectivity index (χ4n) is 4.26. The normalized spacial score (nSPS) is 15.2. The molecule has 1 aromatic heterocycles. The predicted molar refractivity (Wildman–Crippen MR) is 128 cm³/mol. The van der Waals surface area contributed by atoms with E-state index in [0.717, 1.165) is 15.6 Å². The Morgan fingerprint density at radius 3 is 2.55 bits per heavy atom. The lowest BCUT2D eigenvalue weighted by atomic mass is 9.97. The van der Waals surface area contributed by atoms with Gasteiger partial charge in [-0.15, -0.1) is 0 Å². The zero-order valence-electron chi connectivity index (χ0n) is 18.0. The van der Waals surface area contributed by atoms with Crippen molar-refractivity contribution in [2.24, 2.45) is 0 Å². The largest absolute Gasteiger partial charge is 0.504 e. The average molecular weight is 506 g/mol. The predicted octanol–water partition coefficient (Wildman–Crippen LogP) is 5.32. The lowest BCUT2D eigenvalue weighted by Crippen LogP contribution is -2.29. The van der Waals surface area contributed by atoms with Gasteiger partial charge in [-0.25, -0.2) is 0 Å². The second kappa shape index (κ2) is 8.08. The second-order valence-corrected chi connectivity index (χ2v) is 8.98. The van der Waals surface area contributed by atoms with Gasteiger partial charge in [0.15, 0.2) is 16.9 Å². The van der Waals surface area contributed by atoms with Gasteiger partial charge in [0.1, 0.15) is 5.58 Å². The van der Waals surface area contributed by atoms with Crippen molar-refractivity contribution in [3.63, 3.8) is 0 Å². The van der Waals surface area contributed by atoms with Gasteiger partial charge in [-0.05, 0) is 48.4 Å². The Morgan fingerprint density at radius 1 is 1.06 bits per heavy atom. The molecule has 5 rings (SSSR count). The number of carbonyl (C=O) groups excluding carboxylic acids is 1. The van der Waals surface area contributed by atoms with Gasteiger partial charge in [0, 0.05) is 11.0 Å². The van der Waals surface area contributed by atoms with Crippen molar-refractivity contribution in [1.82, 2.24) is 4.90 Å². The molecular weight excluding hydrogens is 486 g/mol. The maximum atomic E-state index is 13.6. The van der Waals surface area contributed by atoms with E-state index in [1.54, 1.807) is 35.2 Å². The first kappa shape index (κ1) is 21.3. The van der Waals surface area contributed by atoms with Crippen LogP contribution in [0.4, 0.5) is 0 Å².